The summed E-state index contributed by atoms with van der Waals surface area (Å²) in [6, 6.07) is 14.2. The van der Waals surface area contributed by atoms with Crippen LogP contribution in [0.4, 0.5) is 10.2 Å². The second-order valence-corrected chi connectivity index (χ2v) is 9.84. The zero-order chi connectivity index (χ0) is 26.5. The van der Waals surface area contributed by atoms with E-state index in [1.165, 1.54) is 12.1 Å². The van der Waals surface area contributed by atoms with Crippen molar-refractivity contribution in [2.24, 2.45) is 0 Å². The second-order valence-electron chi connectivity index (χ2n) is 9.84. The Morgan fingerprint density at radius 1 is 1.11 bits per heavy atom. The van der Waals surface area contributed by atoms with E-state index >= 15 is 0 Å². The zero-order valence-corrected chi connectivity index (χ0v) is 22.6. The van der Waals surface area contributed by atoms with Crippen molar-refractivity contribution in [3.05, 3.63) is 71.2 Å². The van der Waals surface area contributed by atoms with E-state index < -0.39 is 0 Å². The van der Waals surface area contributed by atoms with Crippen molar-refractivity contribution in [1.82, 2.24) is 19.6 Å². The summed E-state index contributed by atoms with van der Waals surface area (Å²) in [5.41, 5.74) is 3.48. The van der Waals surface area contributed by atoms with Gasteiger partial charge in [-0.25, -0.2) is 9.07 Å². The third-order valence-electron chi connectivity index (χ3n) is 7.12. The number of anilines is 1. The van der Waals surface area contributed by atoms with Crippen LogP contribution < -0.4 is 9.64 Å². The number of hydrogen-bond donors (Lipinski definition) is 0. The fraction of sp³-hybridized carbons (Fsp3) is 0.448. The first-order chi connectivity index (χ1) is 17.8. The van der Waals surface area contributed by atoms with Crippen LogP contribution in [0.1, 0.15) is 37.6 Å². The van der Waals surface area contributed by atoms with Crippen molar-refractivity contribution in [2.75, 3.05) is 44.7 Å². The van der Waals surface area contributed by atoms with Crippen molar-refractivity contribution in [1.29, 1.82) is 0 Å². The van der Waals surface area contributed by atoms with Gasteiger partial charge in [0.25, 0.3) is 0 Å². The highest BCUT2D eigenvalue weighted by molar-refractivity contribution is 5.79. The molecule has 0 aliphatic carbocycles. The number of rotatable bonds is 9. The quantitative estimate of drug-likeness (QED) is 0.428. The fourth-order valence-electron chi connectivity index (χ4n) is 4.87. The van der Waals surface area contributed by atoms with Gasteiger partial charge in [-0.2, -0.15) is 5.10 Å². The van der Waals surface area contributed by atoms with Gasteiger partial charge in [-0.05, 0) is 63.2 Å². The summed E-state index contributed by atoms with van der Waals surface area (Å²) in [5, 5.41) is 4.85. The number of carbonyl (C=O) groups excluding carboxylic acids is 1. The number of nitrogens with zero attached hydrogens (tertiary/aromatic N) is 5. The normalized spacial score (nSPS) is 14.3. The van der Waals surface area contributed by atoms with Crippen LogP contribution in [0.2, 0.25) is 0 Å². The number of carbonyl (C=O) groups is 1. The SMILES string of the molecule is CCN1CCN(c2c(CN(C(=O)Cc3ccc(OC)cc3)C(C)C)c(C)nn2-c2cccc(F)c2)CC1. The van der Waals surface area contributed by atoms with E-state index in [-0.39, 0.29) is 17.8 Å². The number of likely N-dealkylation sites (N-methyl/N-ethyl adjacent to an activating group) is 1. The summed E-state index contributed by atoms with van der Waals surface area (Å²) in [6.45, 7) is 13.3. The van der Waals surface area contributed by atoms with Gasteiger partial charge in [0.05, 0.1) is 31.5 Å². The van der Waals surface area contributed by atoms with Crippen LogP contribution in [0.5, 0.6) is 5.75 Å². The van der Waals surface area contributed by atoms with Gasteiger partial charge in [0.1, 0.15) is 17.4 Å². The minimum Gasteiger partial charge on any atom is -0.497 e. The Morgan fingerprint density at radius 2 is 1.81 bits per heavy atom. The molecular weight excluding hydrogens is 469 g/mol. The number of piperazine rings is 1. The molecule has 0 unspecified atom stereocenters. The van der Waals surface area contributed by atoms with Gasteiger partial charge >= 0.3 is 0 Å². The van der Waals surface area contributed by atoms with E-state index in [9.17, 15) is 9.18 Å². The van der Waals surface area contributed by atoms with E-state index in [2.05, 4.69) is 16.7 Å². The molecule has 1 aliphatic rings. The summed E-state index contributed by atoms with van der Waals surface area (Å²) < 4.78 is 21.3. The number of methoxy groups -OCH3 is 1. The molecule has 7 nitrogen and oxygen atoms in total. The first-order valence-corrected chi connectivity index (χ1v) is 13.0. The minimum atomic E-state index is -0.299. The highest BCUT2D eigenvalue weighted by atomic mass is 19.1. The molecule has 0 bridgehead atoms. The van der Waals surface area contributed by atoms with Crippen molar-refractivity contribution < 1.29 is 13.9 Å². The summed E-state index contributed by atoms with van der Waals surface area (Å²) in [5.74, 6) is 1.47. The van der Waals surface area contributed by atoms with E-state index in [1.807, 2.05) is 60.7 Å². The summed E-state index contributed by atoms with van der Waals surface area (Å²) in [7, 11) is 1.63. The van der Waals surface area contributed by atoms with Gasteiger partial charge in [-0.1, -0.05) is 25.1 Å². The number of amides is 1. The van der Waals surface area contributed by atoms with E-state index in [0.717, 1.165) is 61.1 Å². The molecule has 2 aromatic carbocycles. The fourth-order valence-corrected chi connectivity index (χ4v) is 4.87. The van der Waals surface area contributed by atoms with E-state index in [0.29, 0.717) is 18.7 Å². The largest absolute Gasteiger partial charge is 0.497 e. The maximum absolute atomic E-state index is 14.2. The number of hydrogen-bond acceptors (Lipinski definition) is 5. The molecule has 1 amide bonds. The molecule has 1 fully saturated rings. The van der Waals surface area contributed by atoms with Crippen LogP contribution in [0, 0.1) is 12.7 Å². The number of ether oxygens (including phenoxy) is 1. The van der Waals surface area contributed by atoms with Crippen LogP contribution in [0.3, 0.4) is 0 Å². The molecule has 0 N–H and O–H groups in total. The van der Waals surface area contributed by atoms with Gasteiger partial charge in [-0.15, -0.1) is 0 Å². The Bertz CT molecular complexity index is 1200. The highest BCUT2D eigenvalue weighted by Crippen LogP contribution is 2.30. The lowest BCUT2D eigenvalue weighted by molar-refractivity contribution is -0.132. The van der Waals surface area contributed by atoms with Gasteiger partial charge in [0.15, 0.2) is 0 Å². The predicted octanol–water partition coefficient (Wildman–Crippen LogP) is 4.45. The Balaban J connectivity index is 1.67. The van der Waals surface area contributed by atoms with Crippen molar-refractivity contribution in [3.8, 4) is 11.4 Å². The first-order valence-electron chi connectivity index (χ1n) is 13.0. The maximum Gasteiger partial charge on any atom is 0.227 e. The van der Waals surface area contributed by atoms with Crippen LogP contribution in [0.15, 0.2) is 48.5 Å². The highest BCUT2D eigenvalue weighted by Gasteiger charge is 2.28. The summed E-state index contributed by atoms with van der Waals surface area (Å²) in [4.78, 5) is 20.2. The average Bonchev–Trinajstić information content (AvgIpc) is 3.23. The van der Waals surface area contributed by atoms with Crippen molar-refractivity contribution in [2.45, 2.75) is 46.7 Å². The molecule has 2 heterocycles. The molecule has 198 valence electrons. The van der Waals surface area contributed by atoms with E-state index in [1.54, 1.807) is 13.2 Å². The van der Waals surface area contributed by atoms with Crippen LogP contribution in [0.25, 0.3) is 5.69 Å². The molecule has 0 atom stereocenters. The minimum absolute atomic E-state index is 0.00690. The third kappa shape index (κ3) is 6.13. The molecule has 0 radical (unpaired) electrons. The molecular formula is C29H38FN5O2. The molecule has 0 saturated carbocycles. The van der Waals surface area contributed by atoms with Crippen molar-refractivity contribution in [3.63, 3.8) is 0 Å². The Morgan fingerprint density at radius 3 is 2.41 bits per heavy atom. The zero-order valence-electron chi connectivity index (χ0n) is 22.6. The second kappa shape index (κ2) is 11.8. The Labute approximate surface area is 219 Å². The smallest absolute Gasteiger partial charge is 0.227 e. The van der Waals surface area contributed by atoms with Gasteiger partial charge in [0.2, 0.25) is 5.91 Å². The van der Waals surface area contributed by atoms with E-state index in [4.69, 9.17) is 9.84 Å². The molecule has 1 saturated heterocycles. The number of benzene rings is 2. The molecule has 0 spiro atoms. The molecule has 3 aromatic rings. The topological polar surface area (TPSA) is 53.8 Å². The van der Waals surface area contributed by atoms with Gasteiger partial charge < -0.3 is 19.4 Å². The third-order valence-corrected chi connectivity index (χ3v) is 7.12. The molecule has 1 aliphatic heterocycles. The Hall–Kier alpha value is -3.39. The van der Waals surface area contributed by atoms with Crippen LogP contribution in [-0.2, 0) is 17.8 Å². The number of halogens is 1. The lowest BCUT2D eigenvalue weighted by atomic mass is 10.1. The number of aromatic nitrogens is 2. The molecule has 4 rings (SSSR count). The molecule has 37 heavy (non-hydrogen) atoms. The van der Waals surface area contributed by atoms with Crippen LogP contribution in [-0.4, -0.2) is 71.4 Å². The van der Waals surface area contributed by atoms with Gasteiger partial charge in [-0.3, -0.25) is 4.79 Å². The van der Waals surface area contributed by atoms with Crippen LogP contribution >= 0.6 is 0 Å². The average molecular weight is 508 g/mol. The summed E-state index contributed by atoms with van der Waals surface area (Å²) >= 11 is 0. The summed E-state index contributed by atoms with van der Waals surface area (Å²) in [6.07, 6.45) is 0.309. The van der Waals surface area contributed by atoms with Gasteiger partial charge in [0, 0.05) is 37.8 Å². The number of aryl methyl sites for hydroxylation is 1. The monoisotopic (exact) mass is 507 g/mol. The molecule has 1 aromatic heterocycles. The maximum atomic E-state index is 14.2. The lowest BCUT2D eigenvalue weighted by Gasteiger charge is -2.36. The Kier molecular flexibility index (Phi) is 8.48. The van der Waals surface area contributed by atoms with Crippen molar-refractivity contribution >= 4 is 11.7 Å². The first kappa shape index (κ1) is 26.7. The predicted molar refractivity (Wildman–Crippen MR) is 145 cm³/mol. The molecule has 8 heteroatoms. The standard InChI is InChI=1S/C29H38FN5O2/c1-6-32-14-16-33(17-15-32)29-27(22(4)31-35(29)25-9-7-8-24(30)19-25)20-34(21(2)3)28(36)18-23-10-12-26(37-5)13-11-23/h7-13,19,21H,6,14-18,20H2,1-5H3. The lowest BCUT2D eigenvalue weighted by Crippen LogP contribution is -2.47.